The number of rotatable bonds is 7. The van der Waals surface area contributed by atoms with E-state index in [0.29, 0.717) is 39.1 Å². The Morgan fingerprint density at radius 3 is 2.65 bits per heavy atom. The summed E-state index contributed by atoms with van der Waals surface area (Å²) in [6, 6.07) is 17.5. The summed E-state index contributed by atoms with van der Waals surface area (Å²) < 4.78 is 17.2. The number of ether oxygens (including phenoxy) is 3. The maximum absolute atomic E-state index is 13.1. The Bertz CT molecular complexity index is 1430. The monoisotopic (exact) mass is 600 g/mol. The second-order valence-electron chi connectivity index (χ2n) is 7.95. The van der Waals surface area contributed by atoms with E-state index in [-0.39, 0.29) is 30.8 Å². The Morgan fingerprint density at radius 2 is 1.86 bits per heavy atom. The second kappa shape index (κ2) is 10.9. The third-order valence-electron chi connectivity index (χ3n) is 5.42. The highest BCUT2D eigenvalue weighted by Crippen LogP contribution is 2.40. The van der Waals surface area contributed by atoms with Gasteiger partial charge < -0.3 is 19.5 Å². The molecule has 2 heterocycles. The molecule has 0 saturated carbocycles. The molecule has 1 fully saturated rings. The maximum atomic E-state index is 13.1. The van der Waals surface area contributed by atoms with Gasteiger partial charge in [0.15, 0.2) is 18.1 Å². The van der Waals surface area contributed by atoms with Gasteiger partial charge in [-0.3, -0.25) is 19.3 Å². The van der Waals surface area contributed by atoms with Gasteiger partial charge in [-0.1, -0.05) is 45.7 Å². The number of carbonyl (C=O) groups excluding carboxylic acids is 3. The van der Waals surface area contributed by atoms with Crippen LogP contribution in [0, 0.1) is 0 Å². The number of nitrogens with zero attached hydrogens (tertiary/aromatic N) is 1. The second-order valence-corrected chi connectivity index (χ2v) is 10.3. The van der Waals surface area contributed by atoms with Gasteiger partial charge in [0.1, 0.15) is 5.75 Å². The summed E-state index contributed by atoms with van der Waals surface area (Å²) in [6.07, 6.45) is 1.57. The standard InChI is InChI=1S/C26H18BrClN2O6S/c27-17-6-7-20(34-13-24(31)29-18-4-2-1-3-5-18)15(8-17)10-23-25(32)30(26(33)37-23)12-16-9-21-22(11-19(16)28)36-14-35-21/h1-11H,12-14H2,(H,29,31)/b23-10-. The van der Waals surface area contributed by atoms with Crippen molar-refractivity contribution in [2.24, 2.45) is 0 Å². The van der Waals surface area contributed by atoms with Gasteiger partial charge in [-0.25, -0.2) is 0 Å². The molecular formula is C26H18BrClN2O6S. The fourth-order valence-corrected chi connectivity index (χ4v) is 5.08. The molecule has 0 radical (unpaired) electrons. The smallest absolute Gasteiger partial charge is 0.293 e. The Kier molecular flexibility index (Phi) is 7.40. The number of thioether (sulfide) groups is 1. The van der Waals surface area contributed by atoms with Gasteiger partial charge in [-0.05, 0) is 59.8 Å². The van der Waals surface area contributed by atoms with Crippen LogP contribution in [0.3, 0.4) is 0 Å². The highest BCUT2D eigenvalue weighted by atomic mass is 79.9. The van der Waals surface area contributed by atoms with Crippen molar-refractivity contribution in [3.63, 3.8) is 0 Å². The van der Waals surface area contributed by atoms with E-state index in [9.17, 15) is 14.4 Å². The fraction of sp³-hybridized carbons (Fsp3) is 0.115. The van der Waals surface area contributed by atoms with Crippen molar-refractivity contribution < 1.29 is 28.6 Å². The van der Waals surface area contributed by atoms with Crippen LogP contribution in [0.5, 0.6) is 17.2 Å². The largest absolute Gasteiger partial charge is 0.483 e. The van der Waals surface area contributed by atoms with Crippen molar-refractivity contribution in [1.29, 1.82) is 0 Å². The van der Waals surface area contributed by atoms with Crippen LogP contribution in [-0.2, 0) is 16.1 Å². The Labute approximate surface area is 229 Å². The molecule has 1 N–H and O–H groups in total. The van der Waals surface area contributed by atoms with Gasteiger partial charge in [0.05, 0.1) is 11.4 Å². The highest BCUT2D eigenvalue weighted by molar-refractivity contribution is 9.10. The predicted octanol–water partition coefficient (Wildman–Crippen LogP) is 6.09. The minimum Gasteiger partial charge on any atom is -0.483 e. The first kappa shape index (κ1) is 25.2. The molecule has 3 aromatic carbocycles. The quantitative estimate of drug-likeness (QED) is 0.328. The molecule has 188 valence electrons. The predicted molar refractivity (Wildman–Crippen MR) is 144 cm³/mol. The van der Waals surface area contributed by atoms with E-state index in [1.165, 1.54) is 0 Å². The summed E-state index contributed by atoms with van der Waals surface area (Å²) in [6.45, 7) is -0.162. The Hall–Kier alpha value is -3.47. The fourth-order valence-electron chi connectivity index (χ4n) is 3.65. The Balaban J connectivity index is 1.31. The summed E-state index contributed by atoms with van der Waals surface area (Å²) in [5.41, 5.74) is 1.75. The van der Waals surface area contributed by atoms with Crippen LogP contribution in [0.2, 0.25) is 5.02 Å². The highest BCUT2D eigenvalue weighted by Gasteiger charge is 2.36. The molecule has 0 bridgehead atoms. The van der Waals surface area contributed by atoms with Crippen molar-refractivity contribution in [1.82, 2.24) is 4.90 Å². The average Bonchev–Trinajstić information content (AvgIpc) is 3.43. The first-order valence-electron chi connectivity index (χ1n) is 11.0. The average molecular weight is 602 g/mol. The van der Waals surface area contributed by atoms with Crippen LogP contribution in [-0.4, -0.2) is 35.4 Å². The number of para-hydroxylation sites is 1. The van der Waals surface area contributed by atoms with Crippen molar-refractivity contribution in [3.8, 4) is 17.2 Å². The van der Waals surface area contributed by atoms with Crippen molar-refractivity contribution in [3.05, 3.63) is 86.2 Å². The molecule has 0 aromatic heterocycles. The van der Waals surface area contributed by atoms with E-state index in [0.717, 1.165) is 21.1 Å². The number of halogens is 2. The lowest BCUT2D eigenvalue weighted by Crippen LogP contribution is -2.27. The molecule has 37 heavy (non-hydrogen) atoms. The van der Waals surface area contributed by atoms with E-state index in [4.69, 9.17) is 25.8 Å². The van der Waals surface area contributed by atoms with E-state index in [2.05, 4.69) is 21.2 Å². The zero-order chi connectivity index (χ0) is 25.9. The molecule has 0 aliphatic carbocycles. The van der Waals surface area contributed by atoms with E-state index >= 15 is 0 Å². The third kappa shape index (κ3) is 5.76. The van der Waals surface area contributed by atoms with Crippen molar-refractivity contribution in [2.45, 2.75) is 6.54 Å². The first-order valence-corrected chi connectivity index (χ1v) is 13.0. The number of carbonyl (C=O) groups is 3. The van der Waals surface area contributed by atoms with E-state index in [1.807, 2.05) is 18.2 Å². The molecule has 0 unspecified atom stereocenters. The van der Waals surface area contributed by atoms with Crippen LogP contribution in [0.15, 0.2) is 70.0 Å². The van der Waals surface area contributed by atoms with E-state index < -0.39 is 11.1 Å². The summed E-state index contributed by atoms with van der Waals surface area (Å²) >= 11 is 10.6. The van der Waals surface area contributed by atoms with Crippen LogP contribution in [0.4, 0.5) is 10.5 Å². The van der Waals surface area contributed by atoms with Crippen molar-refractivity contribution in [2.75, 3.05) is 18.7 Å². The van der Waals surface area contributed by atoms with Gasteiger partial charge in [0, 0.05) is 26.8 Å². The van der Waals surface area contributed by atoms with Gasteiger partial charge in [0.25, 0.3) is 17.1 Å². The number of fused-ring (bicyclic) bond motifs is 1. The molecule has 5 rings (SSSR count). The minimum absolute atomic E-state index is 0.0149. The summed E-state index contributed by atoms with van der Waals surface area (Å²) in [5, 5.41) is 2.69. The summed E-state index contributed by atoms with van der Waals surface area (Å²) in [4.78, 5) is 39.5. The van der Waals surface area contributed by atoms with Gasteiger partial charge in [0.2, 0.25) is 6.79 Å². The lowest BCUT2D eigenvalue weighted by Gasteiger charge is -2.14. The normalized spacial score (nSPS) is 15.4. The number of imide groups is 1. The summed E-state index contributed by atoms with van der Waals surface area (Å²) in [5.74, 6) is 0.617. The lowest BCUT2D eigenvalue weighted by atomic mass is 10.1. The van der Waals surface area contributed by atoms with Gasteiger partial charge in [-0.15, -0.1) is 0 Å². The summed E-state index contributed by atoms with van der Waals surface area (Å²) in [7, 11) is 0. The first-order chi connectivity index (χ1) is 17.9. The molecule has 8 nitrogen and oxygen atoms in total. The molecule has 11 heteroatoms. The van der Waals surface area contributed by atoms with E-state index in [1.54, 1.807) is 48.5 Å². The number of amides is 3. The molecule has 2 aliphatic rings. The number of anilines is 1. The number of hydrogen-bond acceptors (Lipinski definition) is 7. The molecular weight excluding hydrogens is 584 g/mol. The van der Waals surface area contributed by atoms with Crippen LogP contribution < -0.4 is 19.5 Å². The minimum atomic E-state index is -0.462. The zero-order valence-corrected chi connectivity index (χ0v) is 22.2. The molecule has 2 aliphatic heterocycles. The van der Waals surface area contributed by atoms with Gasteiger partial charge in [-0.2, -0.15) is 0 Å². The molecule has 0 atom stereocenters. The lowest BCUT2D eigenvalue weighted by molar-refractivity contribution is -0.123. The number of benzene rings is 3. The molecule has 1 saturated heterocycles. The number of hydrogen-bond donors (Lipinski definition) is 1. The topological polar surface area (TPSA) is 94.2 Å². The van der Waals surface area contributed by atoms with Crippen LogP contribution in [0.1, 0.15) is 11.1 Å². The third-order valence-corrected chi connectivity index (χ3v) is 7.17. The van der Waals surface area contributed by atoms with Crippen LogP contribution >= 0.6 is 39.3 Å². The maximum Gasteiger partial charge on any atom is 0.293 e. The molecule has 3 aromatic rings. The van der Waals surface area contributed by atoms with Gasteiger partial charge >= 0.3 is 0 Å². The Morgan fingerprint density at radius 1 is 1.11 bits per heavy atom. The molecule has 3 amide bonds. The SMILES string of the molecule is O=C(COc1ccc(Br)cc1/C=C1\SC(=O)N(Cc2cc3c(cc2Cl)OCO3)C1=O)Nc1ccccc1. The van der Waals surface area contributed by atoms with Crippen molar-refractivity contribution >= 4 is 68.1 Å². The van der Waals surface area contributed by atoms with Crippen LogP contribution in [0.25, 0.3) is 6.08 Å². The zero-order valence-electron chi connectivity index (χ0n) is 19.0. The number of nitrogens with one attached hydrogen (secondary N) is 1. The molecule has 0 spiro atoms.